The Morgan fingerprint density at radius 2 is 1.80 bits per heavy atom. The minimum absolute atomic E-state index is 0.484. The molecule has 1 aliphatic rings. The lowest BCUT2D eigenvalue weighted by molar-refractivity contribution is 0.0845. The molecule has 0 amide bonds. The van der Waals surface area contributed by atoms with Gasteiger partial charge in [-0.1, -0.05) is 0 Å². The Bertz CT molecular complexity index is 589. The Hall–Kier alpha value is -1.94. The van der Waals surface area contributed by atoms with Crippen LogP contribution in [0.15, 0.2) is 30.3 Å². The molecule has 20 heavy (non-hydrogen) atoms. The van der Waals surface area contributed by atoms with Crippen molar-refractivity contribution in [2.45, 2.75) is 25.7 Å². The summed E-state index contributed by atoms with van der Waals surface area (Å²) in [6.45, 7) is 3.67. The second kappa shape index (κ2) is 5.59. The average Bonchev–Trinajstić information content (AvgIpc) is 2.48. The summed E-state index contributed by atoms with van der Waals surface area (Å²) in [5, 5.41) is 0. The first-order valence-electron chi connectivity index (χ1n) is 7.01. The highest BCUT2D eigenvalue weighted by Gasteiger charge is 2.18. The first-order chi connectivity index (χ1) is 9.72. The number of ether oxygens (including phenoxy) is 1. The largest absolute Gasteiger partial charge is 0.399 e. The Morgan fingerprint density at radius 3 is 2.50 bits per heavy atom. The Labute approximate surface area is 119 Å². The topological polar surface area (TPSA) is 61.0 Å². The highest BCUT2D eigenvalue weighted by Crippen LogP contribution is 2.27. The van der Waals surface area contributed by atoms with Crippen molar-refractivity contribution >= 4 is 5.69 Å². The third-order valence-electron chi connectivity index (χ3n) is 3.68. The maximum Gasteiger partial charge on any atom is 0.159 e. The smallest absolute Gasteiger partial charge is 0.159 e. The van der Waals surface area contributed by atoms with E-state index in [1.807, 2.05) is 31.2 Å². The van der Waals surface area contributed by atoms with Gasteiger partial charge in [0.2, 0.25) is 0 Å². The summed E-state index contributed by atoms with van der Waals surface area (Å²) in [7, 11) is 0. The monoisotopic (exact) mass is 269 g/mol. The zero-order chi connectivity index (χ0) is 13.9. The number of aryl methyl sites for hydroxylation is 1. The highest BCUT2D eigenvalue weighted by molar-refractivity contribution is 5.58. The van der Waals surface area contributed by atoms with Crippen LogP contribution in [0.4, 0.5) is 5.69 Å². The Balaban J connectivity index is 1.95. The minimum Gasteiger partial charge on any atom is -0.399 e. The Morgan fingerprint density at radius 1 is 1.10 bits per heavy atom. The van der Waals surface area contributed by atoms with Crippen molar-refractivity contribution in [3.63, 3.8) is 0 Å². The van der Waals surface area contributed by atoms with E-state index in [0.717, 1.165) is 54.5 Å². The zero-order valence-electron chi connectivity index (χ0n) is 11.7. The van der Waals surface area contributed by atoms with Crippen molar-refractivity contribution in [2.75, 3.05) is 18.9 Å². The van der Waals surface area contributed by atoms with Crippen LogP contribution in [0, 0.1) is 6.92 Å². The molecule has 1 aromatic heterocycles. The number of hydrogen-bond acceptors (Lipinski definition) is 4. The van der Waals surface area contributed by atoms with Crippen LogP contribution in [-0.2, 0) is 4.74 Å². The van der Waals surface area contributed by atoms with Crippen LogP contribution in [0.3, 0.4) is 0 Å². The third kappa shape index (κ3) is 2.80. The molecule has 1 aromatic carbocycles. The van der Waals surface area contributed by atoms with E-state index in [-0.39, 0.29) is 0 Å². The van der Waals surface area contributed by atoms with E-state index >= 15 is 0 Å². The van der Waals surface area contributed by atoms with Crippen molar-refractivity contribution in [2.24, 2.45) is 0 Å². The quantitative estimate of drug-likeness (QED) is 0.851. The van der Waals surface area contributed by atoms with E-state index in [4.69, 9.17) is 15.5 Å². The molecular weight excluding hydrogens is 250 g/mol. The van der Waals surface area contributed by atoms with Crippen LogP contribution in [0.5, 0.6) is 0 Å². The van der Waals surface area contributed by atoms with Crippen molar-refractivity contribution in [3.8, 4) is 11.4 Å². The SMILES string of the molecule is Cc1cc(C2CCOCC2)nc(-c2ccc(N)cc2)n1. The van der Waals surface area contributed by atoms with Crippen LogP contribution in [0.1, 0.15) is 30.1 Å². The average molecular weight is 269 g/mol. The van der Waals surface area contributed by atoms with Gasteiger partial charge >= 0.3 is 0 Å². The van der Waals surface area contributed by atoms with E-state index in [0.29, 0.717) is 5.92 Å². The van der Waals surface area contributed by atoms with Gasteiger partial charge in [0.05, 0.1) is 0 Å². The van der Waals surface area contributed by atoms with E-state index in [9.17, 15) is 0 Å². The second-order valence-corrected chi connectivity index (χ2v) is 5.27. The molecule has 1 saturated heterocycles. The molecule has 0 atom stereocenters. The van der Waals surface area contributed by atoms with Crippen LogP contribution >= 0.6 is 0 Å². The van der Waals surface area contributed by atoms with E-state index in [1.54, 1.807) is 0 Å². The normalized spacial score (nSPS) is 16.2. The molecule has 104 valence electrons. The molecule has 0 saturated carbocycles. The van der Waals surface area contributed by atoms with Gasteiger partial charge in [-0.25, -0.2) is 9.97 Å². The molecule has 0 spiro atoms. The molecule has 3 rings (SSSR count). The number of hydrogen-bond donors (Lipinski definition) is 1. The van der Waals surface area contributed by atoms with Crippen LogP contribution in [0.25, 0.3) is 11.4 Å². The highest BCUT2D eigenvalue weighted by atomic mass is 16.5. The fourth-order valence-electron chi connectivity index (χ4n) is 2.56. The van der Waals surface area contributed by atoms with Gasteiger partial charge in [-0.05, 0) is 50.1 Å². The van der Waals surface area contributed by atoms with Crippen LogP contribution in [0.2, 0.25) is 0 Å². The van der Waals surface area contributed by atoms with Gasteiger partial charge in [-0.15, -0.1) is 0 Å². The number of nitrogen functional groups attached to an aromatic ring is 1. The summed E-state index contributed by atoms with van der Waals surface area (Å²) >= 11 is 0. The lowest BCUT2D eigenvalue weighted by atomic mass is 9.95. The van der Waals surface area contributed by atoms with Gasteiger partial charge in [0, 0.05) is 41.8 Å². The maximum absolute atomic E-state index is 5.73. The maximum atomic E-state index is 5.73. The lowest BCUT2D eigenvalue weighted by Gasteiger charge is -2.22. The van der Waals surface area contributed by atoms with Gasteiger partial charge < -0.3 is 10.5 Å². The van der Waals surface area contributed by atoms with Crippen molar-refractivity contribution in [1.82, 2.24) is 9.97 Å². The minimum atomic E-state index is 0.484. The van der Waals surface area contributed by atoms with Crippen LogP contribution in [-0.4, -0.2) is 23.2 Å². The first kappa shape index (κ1) is 13.1. The molecule has 0 aliphatic carbocycles. The molecular formula is C16H19N3O. The summed E-state index contributed by atoms with van der Waals surface area (Å²) in [5.74, 6) is 1.27. The summed E-state index contributed by atoms with van der Waals surface area (Å²) < 4.78 is 5.42. The molecule has 2 N–H and O–H groups in total. The van der Waals surface area contributed by atoms with Gasteiger partial charge in [0.25, 0.3) is 0 Å². The summed E-state index contributed by atoms with van der Waals surface area (Å²) in [6.07, 6.45) is 2.08. The number of rotatable bonds is 2. The predicted molar refractivity (Wildman–Crippen MR) is 79.4 cm³/mol. The number of benzene rings is 1. The molecule has 4 nitrogen and oxygen atoms in total. The van der Waals surface area contributed by atoms with Gasteiger partial charge in [0.1, 0.15) is 0 Å². The van der Waals surface area contributed by atoms with E-state index in [1.165, 1.54) is 0 Å². The first-order valence-corrected chi connectivity index (χ1v) is 7.01. The number of anilines is 1. The Kier molecular flexibility index (Phi) is 3.65. The lowest BCUT2D eigenvalue weighted by Crippen LogP contribution is -2.15. The fraction of sp³-hybridized carbons (Fsp3) is 0.375. The zero-order valence-corrected chi connectivity index (χ0v) is 11.7. The molecule has 2 heterocycles. The predicted octanol–water partition coefficient (Wildman–Crippen LogP) is 2.93. The third-order valence-corrected chi connectivity index (χ3v) is 3.68. The number of nitrogens with two attached hydrogens (primary N) is 1. The standard InChI is InChI=1S/C16H19N3O/c1-11-10-15(12-6-8-20-9-7-12)19-16(18-11)13-2-4-14(17)5-3-13/h2-5,10,12H,6-9,17H2,1H3. The summed E-state index contributed by atoms with van der Waals surface area (Å²) in [6, 6.07) is 9.80. The number of nitrogens with zero attached hydrogens (tertiary/aromatic N) is 2. The van der Waals surface area contributed by atoms with Gasteiger partial charge in [-0.3, -0.25) is 0 Å². The van der Waals surface area contributed by atoms with Crippen molar-refractivity contribution in [3.05, 3.63) is 41.7 Å². The van der Waals surface area contributed by atoms with Gasteiger partial charge in [-0.2, -0.15) is 0 Å². The van der Waals surface area contributed by atoms with Crippen molar-refractivity contribution < 1.29 is 4.74 Å². The molecule has 2 aromatic rings. The van der Waals surface area contributed by atoms with Crippen molar-refractivity contribution in [1.29, 1.82) is 0 Å². The number of aromatic nitrogens is 2. The molecule has 1 fully saturated rings. The second-order valence-electron chi connectivity index (χ2n) is 5.27. The summed E-state index contributed by atoms with van der Waals surface area (Å²) in [4.78, 5) is 9.30. The van der Waals surface area contributed by atoms with Crippen LogP contribution < -0.4 is 5.73 Å². The van der Waals surface area contributed by atoms with E-state index in [2.05, 4.69) is 11.1 Å². The van der Waals surface area contributed by atoms with E-state index < -0.39 is 0 Å². The molecule has 0 radical (unpaired) electrons. The molecule has 1 aliphatic heterocycles. The molecule has 0 unspecified atom stereocenters. The van der Waals surface area contributed by atoms with Gasteiger partial charge in [0.15, 0.2) is 5.82 Å². The molecule has 0 bridgehead atoms. The fourth-order valence-corrected chi connectivity index (χ4v) is 2.56. The summed E-state index contributed by atoms with van der Waals surface area (Å²) in [5.41, 5.74) is 9.63. The molecule has 4 heteroatoms.